The van der Waals surface area contributed by atoms with Crippen LogP contribution in [0.4, 0.5) is 19.1 Å². The summed E-state index contributed by atoms with van der Waals surface area (Å²) in [5, 5.41) is 28.9. The van der Waals surface area contributed by atoms with Crippen molar-refractivity contribution >= 4 is 16.9 Å². The topological polar surface area (TPSA) is 136 Å². The van der Waals surface area contributed by atoms with E-state index in [4.69, 9.17) is 10.5 Å². The first-order valence-corrected chi connectivity index (χ1v) is 9.56. The van der Waals surface area contributed by atoms with E-state index in [9.17, 15) is 23.5 Å². The third-order valence-corrected chi connectivity index (χ3v) is 5.13. The molecular formula is C20H19F3N7O3+. The van der Waals surface area contributed by atoms with Gasteiger partial charge in [0.2, 0.25) is 11.5 Å². The molecule has 0 spiro atoms. The van der Waals surface area contributed by atoms with Gasteiger partial charge in [-0.3, -0.25) is 5.21 Å². The van der Waals surface area contributed by atoms with E-state index in [1.807, 2.05) is 0 Å². The Morgan fingerprint density at radius 1 is 1.15 bits per heavy atom. The number of nitrogens with two attached hydrogens (primary N) is 1. The molecule has 4 rings (SSSR count). The predicted molar refractivity (Wildman–Crippen MR) is 108 cm³/mol. The Balaban J connectivity index is 1.72. The zero-order valence-electron chi connectivity index (χ0n) is 17.4. The highest BCUT2D eigenvalue weighted by molar-refractivity contribution is 5.95. The summed E-state index contributed by atoms with van der Waals surface area (Å²) in [5.41, 5.74) is 3.06. The van der Waals surface area contributed by atoms with Gasteiger partial charge in [0.05, 0.1) is 13.3 Å². The number of fused-ring (bicyclic) bond motifs is 1. The zero-order chi connectivity index (χ0) is 24.0. The lowest BCUT2D eigenvalue weighted by atomic mass is 10.0. The highest BCUT2D eigenvalue weighted by Gasteiger charge is 2.57. The number of pyridine rings is 1. The lowest BCUT2D eigenvalue weighted by Gasteiger charge is -2.22. The van der Waals surface area contributed by atoms with Crippen molar-refractivity contribution < 1.29 is 33.0 Å². The number of hydrogen-bond acceptors (Lipinski definition) is 8. The standard InChI is InChI=1S/C20H19F3N7O3/c1-19(31,20(21,22)23)15-8-3-5-11(30(15)32)9-29-10-13(27-28-29)16-12-6-4-7-14(33-2)17(12)26-18(24)25-16/h3-8,10,31-32H,9H2,1-2H3,(H2,24,25,26)/q+1/t19-/m1/s1. The van der Waals surface area contributed by atoms with Crippen LogP contribution in [0.3, 0.4) is 0 Å². The van der Waals surface area contributed by atoms with E-state index in [-0.39, 0.29) is 22.9 Å². The van der Waals surface area contributed by atoms with Crippen LogP contribution in [0.25, 0.3) is 22.3 Å². The van der Waals surface area contributed by atoms with E-state index in [2.05, 4.69) is 20.3 Å². The molecule has 0 bridgehead atoms. The molecule has 0 saturated heterocycles. The summed E-state index contributed by atoms with van der Waals surface area (Å²) in [6.07, 6.45) is -3.50. The normalized spacial score (nSPS) is 13.8. The van der Waals surface area contributed by atoms with E-state index in [1.54, 1.807) is 18.2 Å². The summed E-state index contributed by atoms with van der Waals surface area (Å²) in [7, 11) is 1.50. The van der Waals surface area contributed by atoms with E-state index >= 15 is 0 Å². The van der Waals surface area contributed by atoms with Crippen molar-refractivity contribution in [2.45, 2.75) is 25.2 Å². The second-order valence-corrected chi connectivity index (χ2v) is 7.37. The van der Waals surface area contributed by atoms with Crippen LogP contribution in [0.5, 0.6) is 5.75 Å². The van der Waals surface area contributed by atoms with Crippen molar-refractivity contribution in [2.75, 3.05) is 12.8 Å². The van der Waals surface area contributed by atoms with Gasteiger partial charge in [0.25, 0.3) is 11.4 Å². The summed E-state index contributed by atoms with van der Waals surface area (Å²) in [5.74, 6) is 0.483. The molecule has 3 heterocycles. The predicted octanol–water partition coefficient (Wildman–Crippen LogP) is 1.82. The third kappa shape index (κ3) is 3.86. The van der Waals surface area contributed by atoms with Gasteiger partial charge in [-0.25, -0.2) is 14.6 Å². The van der Waals surface area contributed by atoms with Crippen molar-refractivity contribution in [1.82, 2.24) is 25.0 Å². The molecule has 10 nitrogen and oxygen atoms in total. The molecule has 0 unspecified atom stereocenters. The number of aliphatic hydroxyl groups is 1. The number of benzene rings is 1. The summed E-state index contributed by atoms with van der Waals surface area (Å²) < 4.78 is 46.6. The number of alkyl halides is 3. The molecule has 4 aromatic rings. The second kappa shape index (κ2) is 7.85. The molecule has 0 fully saturated rings. The molecule has 1 aromatic carbocycles. The van der Waals surface area contributed by atoms with Crippen molar-refractivity contribution in [3.63, 3.8) is 0 Å². The Labute approximate surface area is 184 Å². The van der Waals surface area contributed by atoms with Gasteiger partial charge in [-0.05, 0) is 19.1 Å². The molecule has 0 saturated carbocycles. The Bertz CT molecular complexity index is 1340. The number of methoxy groups -OCH3 is 1. The highest BCUT2D eigenvalue weighted by atomic mass is 19.4. The molecule has 13 heteroatoms. The Hall–Kier alpha value is -4.00. The number of ether oxygens (including phenoxy) is 1. The Morgan fingerprint density at radius 2 is 1.88 bits per heavy atom. The fourth-order valence-electron chi connectivity index (χ4n) is 3.33. The first-order chi connectivity index (χ1) is 15.5. The van der Waals surface area contributed by atoms with Crippen LogP contribution in [0, 0.1) is 0 Å². The number of aromatic nitrogens is 6. The number of para-hydroxylation sites is 1. The average molecular weight is 462 g/mol. The number of rotatable bonds is 5. The van der Waals surface area contributed by atoms with Gasteiger partial charge in [0, 0.05) is 22.2 Å². The van der Waals surface area contributed by atoms with Crippen LogP contribution in [-0.4, -0.2) is 48.6 Å². The maximum absolute atomic E-state index is 13.2. The zero-order valence-corrected chi connectivity index (χ0v) is 17.4. The molecule has 0 amide bonds. The van der Waals surface area contributed by atoms with Crippen LogP contribution in [0.15, 0.2) is 42.6 Å². The lowest BCUT2D eigenvalue weighted by molar-refractivity contribution is -0.918. The SMILES string of the molecule is COc1cccc2c(-c3cn(Cc4cccc([C@@](C)(O)C(F)(F)F)[n+]4O)nn3)nc(N)nc12. The van der Waals surface area contributed by atoms with Crippen LogP contribution in [-0.2, 0) is 12.1 Å². The maximum Gasteiger partial charge on any atom is 0.427 e. The van der Waals surface area contributed by atoms with Crippen molar-refractivity contribution in [1.29, 1.82) is 0 Å². The van der Waals surface area contributed by atoms with E-state index in [0.29, 0.717) is 35.0 Å². The van der Waals surface area contributed by atoms with Crippen LogP contribution in [0.1, 0.15) is 18.3 Å². The molecule has 4 N–H and O–H groups in total. The van der Waals surface area contributed by atoms with E-state index in [1.165, 1.54) is 30.1 Å². The second-order valence-electron chi connectivity index (χ2n) is 7.37. The summed E-state index contributed by atoms with van der Waals surface area (Å²) in [6.45, 7) is 0.415. The lowest BCUT2D eigenvalue weighted by Crippen LogP contribution is -2.52. The molecule has 33 heavy (non-hydrogen) atoms. The number of anilines is 1. The summed E-state index contributed by atoms with van der Waals surface area (Å²) in [6, 6.07) is 8.89. The monoisotopic (exact) mass is 462 g/mol. The fraction of sp³-hybridized carbons (Fsp3) is 0.250. The number of halogens is 3. The van der Waals surface area contributed by atoms with Gasteiger partial charge in [0.1, 0.15) is 29.2 Å². The molecule has 0 aliphatic heterocycles. The first kappa shape index (κ1) is 22.2. The van der Waals surface area contributed by atoms with Crippen LogP contribution < -0.4 is 15.2 Å². The van der Waals surface area contributed by atoms with E-state index < -0.39 is 17.5 Å². The Morgan fingerprint density at radius 3 is 2.58 bits per heavy atom. The average Bonchev–Trinajstić information content (AvgIpc) is 3.21. The molecule has 0 aliphatic carbocycles. The van der Waals surface area contributed by atoms with Crippen molar-refractivity contribution in [2.24, 2.45) is 0 Å². The molecule has 0 radical (unpaired) electrons. The van der Waals surface area contributed by atoms with Crippen molar-refractivity contribution in [3.8, 4) is 17.1 Å². The minimum absolute atomic E-state index is 0.00756. The smallest absolute Gasteiger partial charge is 0.427 e. The number of hydrogen-bond donors (Lipinski definition) is 3. The van der Waals surface area contributed by atoms with Gasteiger partial charge < -0.3 is 15.6 Å². The van der Waals surface area contributed by atoms with Crippen LogP contribution in [0.2, 0.25) is 0 Å². The quantitative estimate of drug-likeness (QED) is 0.302. The van der Waals surface area contributed by atoms with Gasteiger partial charge in [-0.15, -0.1) is 5.10 Å². The summed E-state index contributed by atoms with van der Waals surface area (Å²) >= 11 is 0. The third-order valence-electron chi connectivity index (χ3n) is 5.13. The number of nitrogen functional groups attached to an aromatic ring is 1. The first-order valence-electron chi connectivity index (χ1n) is 9.56. The number of nitrogens with zero attached hydrogens (tertiary/aromatic N) is 6. The van der Waals surface area contributed by atoms with Gasteiger partial charge in [-0.1, -0.05) is 17.3 Å². The minimum Gasteiger partial charge on any atom is -0.494 e. The molecular weight excluding hydrogens is 443 g/mol. The van der Waals surface area contributed by atoms with Gasteiger partial charge in [0.15, 0.2) is 0 Å². The fourth-order valence-corrected chi connectivity index (χ4v) is 3.33. The van der Waals surface area contributed by atoms with Crippen molar-refractivity contribution in [3.05, 3.63) is 54.0 Å². The summed E-state index contributed by atoms with van der Waals surface area (Å²) in [4.78, 5) is 8.45. The Kier molecular flexibility index (Phi) is 5.28. The minimum atomic E-state index is -4.99. The molecule has 3 aromatic heterocycles. The molecule has 0 aliphatic rings. The van der Waals surface area contributed by atoms with Crippen LogP contribution >= 0.6 is 0 Å². The van der Waals surface area contributed by atoms with E-state index in [0.717, 1.165) is 6.07 Å². The maximum atomic E-state index is 13.2. The van der Waals surface area contributed by atoms with Gasteiger partial charge >= 0.3 is 6.18 Å². The molecule has 1 atom stereocenters. The molecule has 172 valence electrons. The highest BCUT2D eigenvalue weighted by Crippen LogP contribution is 2.37. The van der Waals surface area contributed by atoms with Gasteiger partial charge in [-0.2, -0.15) is 13.2 Å². The largest absolute Gasteiger partial charge is 0.494 e.